The quantitative estimate of drug-likeness (QED) is 0.406. The standard InChI is InChI=1S/C27H45N3O4/c1-19-13-15-29(17-19)23(31)8-6-5-7-14-28-25(33)21-11-9-20(10-12-21)18-30-24(32)16-22(26(30)34)27(2,3)4/h19-22H,5-18H2,1-4H3,(H,28,33)/t19-,20?,21?,22?/m0/s1. The Morgan fingerprint density at radius 1 is 1.00 bits per heavy atom. The monoisotopic (exact) mass is 475 g/mol. The molecule has 2 atom stereocenters. The van der Waals surface area contributed by atoms with E-state index in [-0.39, 0.29) is 40.9 Å². The summed E-state index contributed by atoms with van der Waals surface area (Å²) in [5.41, 5.74) is -0.195. The Morgan fingerprint density at radius 3 is 2.29 bits per heavy atom. The Kier molecular flexibility index (Phi) is 9.16. The van der Waals surface area contributed by atoms with Gasteiger partial charge in [0.25, 0.3) is 0 Å². The molecule has 1 aliphatic carbocycles. The molecule has 0 spiro atoms. The number of carbonyl (C=O) groups is 4. The lowest BCUT2D eigenvalue weighted by Gasteiger charge is -2.31. The molecule has 7 nitrogen and oxygen atoms in total. The van der Waals surface area contributed by atoms with Gasteiger partial charge in [0.05, 0.1) is 5.92 Å². The second-order valence-electron chi connectivity index (χ2n) is 12.0. The van der Waals surface area contributed by atoms with Crippen LogP contribution < -0.4 is 5.32 Å². The van der Waals surface area contributed by atoms with Crippen LogP contribution in [0.3, 0.4) is 0 Å². The molecule has 1 unspecified atom stereocenters. The summed E-state index contributed by atoms with van der Waals surface area (Å²) >= 11 is 0. The van der Waals surface area contributed by atoms with Gasteiger partial charge in [-0.1, -0.05) is 34.1 Å². The van der Waals surface area contributed by atoms with E-state index in [0.29, 0.717) is 37.8 Å². The van der Waals surface area contributed by atoms with Crippen LogP contribution in [0.25, 0.3) is 0 Å². The topological polar surface area (TPSA) is 86.8 Å². The minimum Gasteiger partial charge on any atom is -0.356 e. The highest BCUT2D eigenvalue weighted by molar-refractivity contribution is 6.03. The number of carbonyl (C=O) groups excluding carboxylic acids is 4. The van der Waals surface area contributed by atoms with E-state index in [0.717, 1.165) is 64.5 Å². The van der Waals surface area contributed by atoms with Crippen molar-refractivity contribution in [2.45, 2.75) is 91.9 Å². The first-order valence-electron chi connectivity index (χ1n) is 13.5. The van der Waals surface area contributed by atoms with Crippen molar-refractivity contribution in [3.63, 3.8) is 0 Å². The van der Waals surface area contributed by atoms with E-state index in [1.165, 1.54) is 4.90 Å². The van der Waals surface area contributed by atoms with Gasteiger partial charge in [0.1, 0.15) is 0 Å². The predicted molar refractivity (Wildman–Crippen MR) is 132 cm³/mol. The minimum absolute atomic E-state index is 0.0194. The molecular weight excluding hydrogens is 430 g/mol. The van der Waals surface area contributed by atoms with Gasteiger partial charge in [0, 0.05) is 44.9 Å². The van der Waals surface area contributed by atoms with E-state index >= 15 is 0 Å². The van der Waals surface area contributed by atoms with Crippen LogP contribution in [0, 0.1) is 29.1 Å². The molecule has 1 N–H and O–H groups in total. The van der Waals surface area contributed by atoms with Gasteiger partial charge >= 0.3 is 0 Å². The molecule has 1 saturated carbocycles. The summed E-state index contributed by atoms with van der Waals surface area (Å²) in [7, 11) is 0. The van der Waals surface area contributed by atoms with E-state index in [4.69, 9.17) is 0 Å². The molecule has 2 heterocycles. The van der Waals surface area contributed by atoms with Crippen LogP contribution in [-0.2, 0) is 19.2 Å². The van der Waals surface area contributed by atoms with E-state index in [9.17, 15) is 19.2 Å². The van der Waals surface area contributed by atoms with Crippen molar-refractivity contribution in [3.05, 3.63) is 0 Å². The fourth-order valence-electron chi connectivity index (χ4n) is 5.67. The summed E-state index contributed by atoms with van der Waals surface area (Å²) in [6, 6.07) is 0. The Bertz CT molecular complexity index is 751. The molecule has 7 heteroatoms. The molecule has 3 aliphatic rings. The lowest BCUT2D eigenvalue weighted by Crippen LogP contribution is -2.39. The summed E-state index contributed by atoms with van der Waals surface area (Å²) in [4.78, 5) is 53.4. The van der Waals surface area contributed by atoms with Gasteiger partial charge in [0.15, 0.2) is 0 Å². The van der Waals surface area contributed by atoms with Crippen molar-refractivity contribution < 1.29 is 19.2 Å². The van der Waals surface area contributed by atoms with Crippen molar-refractivity contribution in [2.75, 3.05) is 26.2 Å². The summed E-state index contributed by atoms with van der Waals surface area (Å²) in [6.45, 7) is 11.2. The first kappa shape index (κ1) is 26.7. The molecule has 3 rings (SSSR count). The van der Waals surface area contributed by atoms with Crippen molar-refractivity contribution in [1.29, 1.82) is 0 Å². The maximum atomic E-state index is 12.7. The number of likely N-dealkylation sites (tertiary alicyclic amines) is 2. The van der Waals surface area contributed by atoms with Crippen LogP contribution in [0.4, 0.5) is 0 Å². The Hall–Kier alpha value is -1.92. The third kappa shape index (κ3) is 7.05. The van der Waals surface area contributed by atoms with Crippen molar-refractivity contribution in [2.24, 2.45) is 29.1 Å². The number of amides is 4. The molecule has 4 amide bonds. The second kappa shape index (κ2) is 11.7. The maximum Gasteiger partial charge on any atom is 0.233 e. The first-order chi connectivity index (χ1) is 16.1. The van der Waals surface area contributed by atoms with E-state index < -0.39 is 0 Å². The Labute approximate surface area is 205 Å². The molecule has 0 aromatic heterocycles. The Balaban J connectivity index is 1.27. The number of rotatable bonds is 9. The maximum absolute atomic E-state index is 12.7. The number of hydrogen-bond donors (Lipinski definition) is 1. The molecular formula is C27H45N3O4. The number of nitrogens with one attached hydrogen (secondary N) is 1. The van der Waals surface area contributed by atoms with Crippen LogP contribution in [-0.4, -0.2) is 59.6 Å². The molecule has 34 heavy (non-hydrogen) atoms. The van der Waals surface area contributed by atoms with E-state index in [1.54, 1.807) is 0 Å². The van der Waals surface area contributed by atoms with Crippen LogP contribution in [0.2, 0.25) is 0 Å². The van der Waals surface area contributed by atoms with Gasteiger partial charge in [0.2, 0.25) is 23.6 Å². The summed E-state index contributed by atoms with van der Waals surface area (Å²) in [5.74, 6) is 1.08. The molecule has 0 aromatic rings. The fraction of sp³-hybridized carbons (Fsp3) is 0.852. The number of nitrogens with zero attached hydrogens (tertiary/aromatic N) is 2. The van der Waals surface area contributed by atoms with E-state index in [2.05, 4.69) is 12.2 Å². The number of unbranched alkanes of at least 4 members (excludes halogenated alkanes) is 2. The van der Waals surface area contributed by atoms with Crippen LogP contribution in [0.15, 0.2) is 0 Å². The molecule has 192 valence electrons. The molecule has 2 aliphatic heterocycles. The van der Waals surface area contributed by atoms with Gasteiger partial charge in [-0.25, -0.2) is 0 Å². The van der Waals surface area contributed by atoms with Gasteiger partial charge in [-0.15, -0.1) is 0 Å². The molecule has 0 aromatic carbocycles. The van der Waals surface area contributed by atoms with Crippen molar-refractivity contribution >= 4 is 23.6 Å². The van der Waals surface area contributed by atoms with Crippen LogP contribution in [0.1, 0.15) is 91.9 Å². The third-order valence-corrected chi connectivity index (χ3v) is 8.09. The summed E-state index contributed by atoms with van der Waals surface area (Å²) in [5, 5.41) is 3.07. The lowest BCUT2D eigenvalue weighted by molar-refractivity contribution is -0.141. The smallest absolute Gasteiger partial charge is 0.233 e. The average Bonchev–Trinajstić information content (AvgIpc) is 3.34. The van der Waals surface area contributed by atoms with Crippen LogP contribution in [0.5, 0.6) is 0 Å². The minimum atomic E-state index is -0.218. The predicted octanol–water partition coefficient (Wildman–Crippen LogP) is 3.76. The summed E-state index contributed by atoms with van der Waals surface area (Å²) < 4.78 is 0. The van der Waals surface area contributed by atoms with Crippen LogP contribution >= 0.6 is 0 Å². The third-order valence-electron chi connectivity index (χ3n) is 8.09. The van der Waals surface area contributed by atoms with Crippen molar-refractivity contribution in [3.8, 4) is 0 Å². The second-order valence-corrected chi connectivity index (χ2v) is 12.0. The Morgan fingerprint density at radius 2 is 1.71 bits per heavy atom. The highest BCUT2D eigenvalue weighted by atomic mass is 16.2. The molecule has 0 radical (unpaired) electrons. The SMILES string of the molecule is C[C@H]1CCN(C(=O)CCCCCNC(=O)C2CCC(CN3C(=O)CC(C(C)(C)C)C3=O)CC2)C1. The zero-order valence-corrected chi connectivity index (χ0v) is 21.7. The largest absolute Gasteiger partial charge is 0.356 e. The normalized spacial score (nSPS) is 28.0. The number of imide groups is 1. The van der Waals surface area contributed by atoms with Gasteiger partial charge in [-0.2, -0.15) is 0 Å². The molecule has 0 bridgehead atoms. The average molecular weight is 476 g/mol. The molecule has 2 saturated heterocycles. The highest BCUT2D eigenvalue weighted by Gasteiger charge is 2.45. The lowest BCUT2D eigenvalue weighted by atomic mass is 9.79. The highest BCUT2D eigenvalue weighted by Crippen LogP contribution is 2.37. The summed E-state index contributed by atoms with van der Waals surface area (Å²) in [6.07, 6.45) is 8.19. The van der Waals surface area contributed by atoms with E-state index in [1.807, 2.05) is 25.7 Å². The van der Waals surface area contributed by atoms with Crippen molar-refractivity contribution in [1.82, 2.24) is 15.1 Å². The zero-order chi connectivity index (χ0) is 24.9. The van der Waals surface area contributed by atoms with Gasteiger partial charge < -0.3 is 10.2 Å². The van der Waals surface area contributed by atoms with Gasteiger partial charge in [-0.05, 0) is 62.2 Å². The van der Waals surface area contributed by atoms with Gasteiger partial charge in [-0.3, -0.25) is 24.1 Å². The fourth-order valence-corrected chi connectivity index (χ4v) is 5.67. The first-order valence-corrected chi connectivity index (χ1v) is 13.5. The molecule has 3 fully saturated rings. The number of hydrogen-bond acceptors (Lipinski definition) is 4. The zero-order valence-electron chi connectivity index (χ0n) is 21.7.